The van der Waals surface area contributed by atoms with Crippen molar-refractivity contribution in [2.75, 3.05) is 11.1 Å². The van der Waals surface area contributed by atoms with E-state index in [-0.39, 0.29) is 0 Å². The third kappa shape index (κ3) is 2.44. The van der Waals surface area contributed by atoms with Crippen LogP contribution < -0.4 is 11.1 Å². The minimum Gasteiger partial charge on any atom is -0.396 e. The van der Waals surface area contributed by atoms with Crippen LogP contribution in [0.3, 0.4) is 0 Å². The van der Waals surface area contributed by atoms with Crippen molar-refractivity contribution in [1.29, 1.82) is 0 Å². The number of rotatable bonds is 2. The number of nitrogen functional groups attached to an aromatic ring is 1. The molecule has 3 N–H and O–H groups in total. The van der Waals surface area contributed by atoms with Gasteiger partial charge in [0.1, 0.15) is 0 Å². The fourth-order valence-electron chi connectivity index (χ4n) is 2.06. The number of nitrogens with two attached hydrogens (primary N) is 1. The first-order valence-corrected chi connectivity index (χ1v) is 6.96. The molecule has 20 heavy (non-hydrogen) atoms. The largest absolute Gasteiger partial charge is 0.396 e. The number of nitrogens with zero attached hydrogens (tertiary/aromatic N) is 2. The molecule has 0 saturated carbocycles. The number of pyridine rings is 2. The van der Waals surface area contributed by atoms with Gasteiger partial charge in [0.15, 0.2) is 5.82 Å². The summed E-state index contributed by atoms with van der Waals surface area (Å²) in [5.41, 5.74) is 9.42. The number of para-hydroxylation sites is 1. The molecular formula is C15H13BrN4. The third-order valence-electron chi connectivity index (χ3n) is 2.98. The summed E-state index contributed by atoms with van der Waals surface area (Å²) in [5.74, 6) is 0.646. The van der Waals surface area contributed by atoms with Gasteiger partial charge in [-0.05, 0) is 46.6 Å². The SMILES string of the molecule is Cc1cnc(Nc2cccc3cc(Br)cnc23)c(N)c1. The summed E-state index contributed by atoms with van der Waals surface area (Å²) in [4.78, 5) is 8.77. The first-order valence-electron chi connectivity index (χ1n) is 6.17. The van der Waals surface area contributed by atoms with E-state index in [1.54, 1.807) is 12.4 Å². The monoisotopic (exact) mass is 328 g/mol. The Morgan fingerprint density at radius 1 is 1.15 bits per heavy atom. The molecule has 0 atom stereocenters. The normalized spacial score (nSPS) is 10.7. The predicted octanol–water partition coefficient (Wildman–Crippen LogP) is 4.03. The van der Waals surface area contributed by atoms with E-state index in [4.69, 9.17) is 5.73 Å². The molecule has 2 heterocycles. The number of benzene rings is 1. The van der Waals surface area contributed by atoms with Crippen molar-refractivity contribution in [2.45, 2.75) is 6.92 Å². The summed E-state index contributed by atoms with van der Waals surface area (Å²) in [5, 5.41) is 4.30. The minimum absolute atomic E-state index is 0.624. The van der Waals surface area contributed by atoms with Gasteiger partial charge in [0.25, 0.3) is 0 Å². The summed E-state index contributed by atoms with van der Waals surface area (Å²) in [6, 6.07) is 9.88. The van der Waals surface area contributed by atoms with Crippen molar-refractivity contribution in [3.63, 3.8) is 0 Å². The van der Waals surface area contributed by atoms with Gasteiger partial charge in [-0.2, -0.15) is 0 Å². The molecule has 100 valence electrons. The van der Waals surface area contributed by atoms with Crippen LogP contribution in [0.15, 0.2) is 47.2 Å². The lowest BCUT2D eigenvalue weighted by atomic mass is 10.2. The second-order valence-electron chi connectivity index (χ2n) is 4.61. The molecule has 2 aromatic heterocycles. The van der Waals surface area contributed by atoms with Gasteiger partial charge in [-0.15, -0.1) is 0 Å². The molecule has 0 fully saturated rings. The second kappa shape index (κ2) is 5.09. The molecular weight excluding hydrogens is 316 g/mol. The van der Waals surface area contributed by atoms with Gasteiger partial charge >= 0.3 is 0 Å². The molecule has 0 radical (unpaired) electrons. The number of aromatic nitrogens is 2. The third-order valence-corrected chi connectivity index (χ3v) is 3.42. The highest BCUT2D eigenvalue weighted by Crippen LogP contribution is 2.28. The van der Waals surface area contributed by atoms with Crippen LogP contribution in [-0.2, 0) is 0 Å². The Balaban J connectivity index is 2.06. The van der Waals surface area contributed by atoms with E-state index in [1.807, 2.05) is 37.3 Å². The smallest absolute Gasteiger partial charge is 0.153 e. The quantitative estimate of drug-likeness (QED) is 0.745. The van der Waals surface area contributed by atoms with Crippen molar-refractivity contribution in [3.8, 4) is 0 Å². The Morgan fingerprint density at radius 2 is 2.00 bits per heavy atom. The number of anilines is 3. The van der Waals surface area contributed by atoms with Gasteiger partial charge in [0.05, 0.1) is 16.9 Å². The molecule has 0 aliphatic carbocycles. The molecule has 0 spiro atoms. The van der Waals surface area contributed by atoms with E-state index in [1.165, 1.54) is 0 Å². The molecule has 0 unspecified atom stereocenters. The van der Waals surface area contributed by atoms with E-state index in [2.05, 4.69) is 31.2 Å². The highest BCUT2D eigenvalue weighted by Gasteiger charge is 2.06. The van der Waals surface area contributed by atoms with E-state index < -0.39 is 0 Å². The van der Waals surface area contributed by atoms with Gasteiger partial charge in [0, 0.05) is 22.3 Å². The standard InChI is InChI=1S/C15H13BrN4/c1-9-5-12(17)15(19-7-9)20-13-4-2-3-10-6-11(16)8-18-14(10)13/h2-8H,17H2,1H3,(H,19,20). The minimum atomic E-state index is 0.624. The first kappa shape index (κ1) is 12.9. The van der Waals surface area contributed by atoms with Crippen molar-refractivity contribution in [2.24, 2.45) is 0 Å². The van der Waals surface area contributed by atoms with Gasteiger partial charge in [-0.1, -0.05) is 12.1 Å². The van der Waals surface area contributed by atoms with Gasteiger partial charge in [0.2, 0.25) is 0 Å². The highest BCUT2D eigenvalue weighted by atomic mass is 79.9. The zero-order chi connectivity index (χ0) is 14.1. The average molecular weight is 329 g/mol. The maximum Gasteiger partial charge on any atom is 0.153 e. The number of halogens is 1. The molecule has 0 amide bonds. The lowest BCUT2D eigenvalue weighted by molar-refractivity contribution is 1.26. The average Bonchev–Trinajstić information content (AvgIpc) is 2.41. The number of hydrogen-bond acceptors (Lipinski definition) is 4. The molecule has 0 aliphatic rings. The van der Waals surface area contributed by atoms with Crippen LogP contribution in [0.1, 0.15) is 5.56 Å². The number of aryl methyl sites for hydroxylation is 1. The Kier molecular flexibility index (Phi) is 3.28. The molecule has 0 saturated heterocycles. The lowest BCUT2D eigenvalue weighted by Gasteiger charge is -2.11. The zero-order valence-electron chi connectivity index (χ0n) is 10.9. The molecule has 5 heteroatoms. The number of nitrogens with one attached hydrogen (secondary N) is 1. The zero-order valence-corrected chi connectivity index (χ0v) is 12.5. The summed E-state index contributed by atoms with van der Waals surface area (Å²) in [6.07, 6.45) is 3.56. The number of fused-ring (bicyclic) bond motifs is 1. The molecule has 0 bridgehead atoms. The van der Waals surface area contributed by atoms with Crippen LogP contribution in [0.5, 0.6) is 0 Å². The maximum atomic E-state index is 5.98. The van der Waals surface area contributed by atoms with Crippen LogP contribution in [0, 0.1) is 6.92 Å². The Labute approximate surface area is 125 Å². The van der Waals surface area contributed by atoms with Crippen molar-refractivity contribution in [1.82, 2.24) is 9.97 Å². The summed E-state index contributed by atoms with van der Waals surface area (Å²) in [6.45, 7) is 1.96. The van der Waals surface area contributed by atoms with Crippen LogP contribution in [0.4, 0.5) is 17.2 Å². The van der Waals surface area contributed by atoms with E-state index in [0.717, 1.165) is 26.6 Å². The first-order chi connectivity index (χ1) is 9.63. The lowest BCUT2D eigenvalue weighted by Crippen LogP contribution is -2.00. The molecule has 1 aromatic carbocycles. The molecule has 3 rings (SSSR count). The van der Waals surface area contributed by atoms with Crippen LogP contribution >= 0.6 is 15.9 Å². The fourth-order valence-corrected chi connectivity index (χ4v) is 2.41. The molecule has 4 nitrogen and oxygen atoms in total. The Bertz CT molecular complexity index is 786. The summed E-state index contributed by atoms with van der Waals surface area (Å²) >= 11 is 3.43. The van der Waals surface area contributed by atoms with Crippen LogP contribution in [0.25, 0.3) is 10.9 Å². The second-order valence-corrected chi connectivity index (χ2v) is 5.52. The summed E-state index contributed by atoms with van der Waals surface area (Å²) < 4.78 is 0.954. The van der Waals surface area contributed by atoms with Gasteiger partial charge in [-0.3, -0.25) is 4.98 Å². The van der Waals surface area contributed by atoms with E-state index in [9.17, 15) is 0 Å². The van der Waals surface area contributed by atoms with Crippen molar-refractivity contribution in [3.05, 3.63) is 52.8 Å². The topological polar surface area (TPSA) is 63.8 Å². The van der Waals surface area contributed by atoms with Gasteiger partial charge < -0.3 is 11.1 Å². The van der Waals surface area contributed by atoms with Crippen LogP contribution in [0.2, 0.25) is 0 Å². The fraction of sp³-hybridized carbons (Fsp3) is 0.0667. The molecule has 3 aromatic rings. The van der Waals surface area contributed by atoms with Crippen molar-refractivity contribution >= 4 is 44.0 Å². The van der Waals surface area contributed by atoms with E-state index >= 15 is 0 Å². The Morgan fingerprint density at radius 3 is 2.80 bits per heavy atom. The van der Waals surface area contributed by atoms with Crippen molar-refractivity contribution < 1.29 is 0 Å². The van der Waals surface area contributed by atoms with Gasteiger partial charge in [-0.25, -0.2) is 4.98 Å². The number of hydrogen-bond donors (Lipinski definition) is 2. The molecule has 0 aliphatic heterocycles. The predicted molar refractivity (Wildman–Crippen MR) is 86.1 cm³/mol. The maximum absolute atomic E-state index is 5.98. The summed E-state index contributed by atoms with van der Waals surface area (Å²) in [7, 11) is 0. The van der Waals surface area contributed by atoms with E-state index in [0.29, 0.717) is 11.5 Å². The van der Waals surface area contributed by atoms with Crippen LogP contribution in [-0.4, -0.2) is 9.97 Å². The highest BCUT2D eigenvalue weighted by molar-refractivity contribution is 9.10. The Hall–Kier alpha value is -2.14.